The summed E-state index contributed by atoms with van der Waals surface area (Å²) in [7, 11) is 0. The van der Waals surface area contributed by atoms with E-state index in [9.17, 15) is 0 Å². The molecule has 86 valence electrons. The molecule has 16 heavy (non-hydrogen) atoms. The first-order chi connectivity index (χ1) is 7.72. The van der Waals surface area contributed by atoms with Crippen LogP contribution in [0.3, 0.4) is 0 Å². The van der Waals surface area contributed by atoms with Gasteiger partial charge in [0.05, 0.1) is 21.8 Å². The molecule has 0 spiro atoms. The summed E-state index contributed by atoms with van der Waals surface area (Å²) in [6.07, 6.45) is 0.815. The molecular formula is C12H16N2OS. The standard InChI is InChI=1S/C12H16N2OS/c1-8(2)12-14-11-9(6-7-15-13)4-3-5-10(11)16-12/h3-5,8H,6-7,13H2,1-2H3. The van der Waals surface area contributed by atoms with Gasteiger partial charge in [-0.15, -0.1) is 11.3 Å². The van der Waals surface area contributed by atoms with Gasteiger partial charge in [-0.2, -0.15) is 0 Å². The Bertz CT molecular complexity index is 479. The maximum atomic E-state index is 5.06. The van der Waals surface area contributed by atoms with E-state index in [0.29, 0.717) is 12.5 Å². The maximum absolute atomic E-state index is 5.06. The summed E-state index contributed by atoms with van der Waals surface area (Å²) in [5.41, 5.74) is 2.32. The van der Waals surface area contributed by atoms with Crippen LogP contribution in [0.25, 0.3) is 10.2 Å². The van der Waals surface area contributed by atoms with E-state index < -0.39 is 0 Å². The zero-order chi connectivity index (χ0) is 11.5. The highest BCUT2D eigenvalue weighted by atomic mass is 32.1. The van der Waals surface area contributed by atoms with Gasteiger partial charge < -0.3 is 4.84 Å². The van der Waals surface area contributed by atoms with Crippen LogP contribution < -0.4 is 5.90 Å². The average Bonchev–Trinajstić information content (AvgIpc) is 2.70. The number of nitrogens with zero attached hydrogens (tertiary/aromatic N) is 1. The third kappa shape index (κ3) is 2.24. The molecule has 0 aliphatic rings. The molecule has 3 nitrogen and oxygen atoms in total. The fourth-order valence-electron chi connectivity index (χ4n) is 1.64. The van der Waals surface area contributed by atoms with Crippen LogP contribution in [0.4, 0.5) is 0 Å². The average molecular weight is 236 g/mol. The summed E-state index contributed by atoms with van der Waals surface area (Å²) in [5, 5.41) is 1.19. The minimum Gasteiger partial charge on any atom is -0.304 e. The molecule has 0 unspecified atom stereocenters. The lowest BCUT2D eigenvalue weighted by molar-refractivity contribution is 0.141. The molecule has 2 rings (SSSR count). The van der Waals surface area contributed by atoms with Gasteiger partial charge in [0.25, 0.3) is 0 Å². The zero-order valence-electron chi connectivity index (χ0n) is 9.56. The fourth-order valence-corrected chi connectivity index (χ4v) is 2.66. The van der Waals surface area contributed by atoms with E-state index in [1.807, 2.05) is 0 Å². The highest BCUT2D eigenvalue weighted by molar-refractivity contribution is 7.18. The summed E-state index contributed by atoms with van der Waals surface area (Å²) in [4.78, 5) is 9.31. The predicted octanol–water partition coefficient (Wildman–Crippen LogP) is 2.85. The fraction of sp³-hybridized carbons (Fsp3) is 0.417. The number of thiazole rings is 1. The number of fused-ring (bicyclic) bond motifs is 1. The quantitative estimate of drug-likeness (QED) is 0.830. The number of nitrogens with two attached hydrogens (primary N) is 1. The van der Waals surface area contributed by atoms with Crippen molar-refractivity contribution in [2.45, 2.75) is 26.2 Å². The van der Waals surface area contributed by atoms with Gasteiger partial charge in [-0.25, -0.2) is 10.9 Å². The van der Waals surface area contributed by atoms with E-state index in [4.69, 9.17) is 5.90 Å². The van der Waals surface area contributed by atoms with Crippen molar-refractivity contribution in [1.82, 2.24) is 4.98 Å². The first-order valence-corrected chi connectivity index (χ1v) is 6.24. The van der Waals surface area contributed by atoms with Crippen LogP contribution in [0, 0.1) is 0 Å². The van der Waals surface area contributed by atoms with Gasteiger partial charge in [-0.05, 0) is 18.1 Å². The van der Waals surface area contributed by atoms with E-state index in [1.54, 1.807) is 11.3 Å². The van der Waals surface area contributed by atoms with E-state index in [1.165, 1.54) is 15.3 Å². The SMILES string of the molecule is CC(C)c1nc2c(CCON)cccc2s1. The molecule has 0 amide bonds. The van der Waals surface area contributed by atoms with Crippen LogP contribution in [-0.4, -0.2) is 11.6 Å². The summed E-state index contributed by atoms with van der Waals surface area (Å²) < 4.78 is 1.25. The Kier molecular flexibility index (Phi) is 3.53. The van der Waals surface area contributed by atoms with Crippen molar-refractivity contribution >= 4 is 21.6 Å². The largest absolute Gasteiger partial charge is 0.304 e. The minimum atomic E-state index is 0.482. The Labute approximate surface area is 99.2 Å². The third-order valence-electron chi connectivity index (χ3n) is 2.50. The number of hydrogen-bond donors (Lipinski definition) is 1. The highest BCUT2D eigenvalue weighted by Crippen LogP contribution is 2.29. The predicted molar refractivity (Wildman–Crippen MR) is 67.6 cm³/mol. The van der Waals surface area contributed by atoms with Gasteiger partial charge in [0.15, 0.2) is 0 Å². The lowest BCUT2D eigenvalue weighted by atomic mass is 10.1. The molecule has 0 atom stereocenters. The van der Waals surface area contributed by atoms with Gasteiger partial charge in [0, 0.05) is 5.92 Å². The van der Waals surface area contributed by atoms with Crippen molar-refractivity contribution in [2.24, 2.45) is 5.90 Å². The molecule has 0 radical (unpaired) electrons. The Morgan fingerprint density at radius 1 is 1.44 bits per heavy atom. The maximum Gasteiger partial charge on any atom is 0.0964 e. The molecule has 0 fully saturated rings. The summed E-state index contributed by atoms with van der Waals surface area (Å²) >= 11 is 1.77. The van der Waals surface area contributed by atoms with Crippen molar-refractivity contribution in [3.05, 3.63) is 28.8 Å². The second kappa shape index (κ2) is 4.91. The van der Waals surface area contributed by atoms with Crippen LogP contribution in [0.15, 0.2) is 18.2 Å². The van der Waals surface area contributed by atoms with E-state index >= 15 is 0 Å². The molecule has 0 saturated heterocycles. The number of rotatable bonds is 4. The monoisotopic (exact) mass is 236 g/mol. The first-order valence-electron chi connectivity index (χ1n) is 5.42. The molecule has 1 aromatic carbocycles. The van der Waals surface area contributed by atoms with Crippen LogP contribution >= 0.6 is 11.3 Å². The minimum absolute atomic E-state index is 0.482. The number of aromatic nitrogens is 1. The van der Waals surface area contributed by atoms with E-state index in [0.717, 1.165) is 11.9 Å². The normalized spacial score (nSPS) is 11.5. The van der Waals surface area contributed by atoms with Gasteiger partial charge in [-0.1, -0.05) is 26.0 Å². The summed E-state index contributed by atoms with van der Waals surface area (Å²) in [6.45, 7) is 4.87. The molecule has 4 heteroatoms. The van der Waals surface area contributed by atoms with Crippen molar-refractivity contribution in [1.29, 1.82) is 0 Å². The van der Waals surface area contributed by atoms with Crippen LogP contribution in [0.2, 0.25) is 0 Å². The lowest BCUT2D eigenvalue weighted by Crippen LogP contribution is -2.03. The summed E-state index contributed by atoms with van der Waals surface area (Å²) in [5.74, 6) is 5.54. The van der Waals surface area contributed by atoms with E-state index in [2.05, 4.69) is 41.9 Å². The molecule has 2 aromatic rings. The Hall–Kier alpha value is -0.970. The Balaban J connectivity index is 2.41. The van der Waals surface area contributed by atoms with Gasteiger partial charge in [-0.3, -0.25) is 0 Å². The Morgan fingerprint density at radius 3 is 2.94 bits per heavy atom. The van der Waals surface area contributed by atoms with Crippen molar-refractivity contribution in [3.63, 3.8) is 0 Å². The van der Waals surface area contributed by atoms with Crippen LogP contribution in [0.1, 0.15) is 30.3 Å². The first kappa shape index (κ1) is 11.5. The molecule has 0 bridgehead atoms. The summed E-state index contributed by atoms with van der Waals surface area (Å²) in [6, 6.07) is 6.27. The molecule has 1 aromatic heterocycles. The third-order valence-corrected chi connectivity index (χ3v) is 3.82. The molecule has 1 heterocycles. The molecular weight excluding hydrogens is 220 g/mol. The van der Waals surface area contributed by atoms with Crippen molar-refractivity contribution in [2.75, 3.05) is 6.61 Å². The number of benzene rings is 1. The van der Waals surface area contributed by atoms with Crippen molar-refractivity contribution in [3.8, 4) is 0 Å². The van der Waals surface area contributed by atoms with Gasteiger partial charge >= 0.3 is 0 Å². The zero-order valence-corrected chi connectivity index (χ0v) is 10.4. The number of para-hydroxylation sites is 1. The molecule has 2 N–H and O–H groups in total. The smallest absolute Gasteiger partial charge is 0.0964 e. The van der Waals surface area contributed by atoms with Gasteiger partial charge in [0.2, 0.25) is 0 Å². The molecule has 0 aliphatic heterocycles. The lowest BCUT2D eigenvalue weighted by Gasteiger charge is -2.00. The highest BCUT2D eigenvalue weighted by Gasteiger charge is 2.10. The molecule has 0 aliphatic carbocycles. The second-order valence-electron chi connectivity index (χ2n) is 4.09. The Morgan fingerprint density at radius 2 is 2.25 bits per heavy atom. The topological polar surface area (TPSA) is 48.1 Å². The van der Waals surface area contributed by atoms with Gasteiger partial charge in [0.1, 0.15) is 0 Å². The van der Waals surface area contributed by atoms with Crippen LogP contribution in [0.5, 0.6) is 0 Å². The van der Waals surface area contributed by atoms with E-state index in [-0.39, 0.29) is 0 Å². The second-order valence-corrected chi connectivity index (χ2v) is 5.15. The van der Waals surface area contributed by atoms with Crippen molar-refractivity contribution < 1.29 is 4.84 Å². The number of hydrogen-bond acceptors (Lipinski definition) is 4. The van der Waals surface area contributed by atoms with Crippen LogP contribution in [-0.2, 0) is 11.3 Å². The molecule has 0 saturated carbocycles.